The number of carbonyl (C=O) groups is 1. The molecule has 1 fully saturated rings. The third kappa shape index (κ3) is 5.79. The van der Waals surface area contributed by atoms with E-state index in [9.17, 15) is 4.79 Å². The van der Waals surface area contributed by atoms with Crippen LogP contribution in [0.25, 0.3) is 0 Å². The Hall–Kier alpha value is -1.10. The first-order valence-electron chi connectivity index (χ1n) is 8.25. The molecule has 0 aromatic heterocycles. The van der Waals surface area contributed by atoms with Crippen molar-refractivity contribution < 1.29 is 14.3 Å². The second-order valence-electron chi connectivity index (χ2n) is 6.06. The molecule has 0 radical (unpaired) electrons. The summed E-state index contributed by atoms with van der Waals surface area (Å²) in [5.74, 6) is -0.0564. The van der Waals surface area contributed by atoms with Crippen molar-refractivity contribution in [3.8, 4) is 0 Å². The van der Waals surface area contributed by atoms with E-state index in [0.717, 1.165) is 49.7 Å². The number of hydrogen-bond acceptors (Lipinski definition) is 3. The van der Waals surface area contributed by atoms with Crippen LogP contribution in [0.2, 0.25) is 5.02 Å². The van der Waals surface area contributed by atoms with Crippen LogP contribution in [0.5, 0.6) is 0 Å². The maximum absolute atomic E-state index is 12.4. The van der Waals surface area contributed by atoms with Crippen molar-refractivity contribution in [1.29, 1.82) is 0 Å². The van der Waals surface area contributed by atoms with Crippen LogP contribution in [-0.2, 0) is 22.3 Å². The number of aryl methyl sites for hydroxylation is 2. The predicted octanol–water partition coefficient (Wildman–Crippen LogP) is 3.39. The maximum atomic E-state index is 12.4. The molecule has 5 heteroatoms. The number of hydrogen-bond donors (Lipinski definition) is 1. The minimum Gasteiger partial charge on any atom is -0.385 e. The molecule has 1 saturated carbocycles. The second-order valence-corrected chi connectivity index (χ2v) is 6.43. The van der Waals surface area contributed by atoms with Gasteiger partial charge in [-0.15, -0.1) is 0 Å². The average Bonchev–Trinajstić information content (AvgIpc) is 3.34. The van der Waals surface area contributed by atoms with Gasteiger partial charge in [-0.25, -0.2) is 0 Å². The normalized spacial score (nSPS) is 14.0. The van der Waals surface area contributed by atoms with E-state index in [-0.39, 0.29) is 5.91 Å². The van der Waals surface area contributed by atoms with Gasteiger partial charge < -0.3 is 14.8 Å². The lowest BCUT2D eigenvalue weighted by molar-refractivity contribution is 0.0951. The molecule has 2 rings (SSSR count). The highest BCUT2D eigenvalue weighted by atomic mass is 35.5. The molecule has 23 heavy (non-hydrogen) atoms. The van der Waals surface area contributed by atoms with Crippen molar-refractivity contribution in [3.05, 3.63) is 33.8 Å². The van der Waals surface area contributed by atoms with Gasteiger partial charge in [0.05, 0.1) is 10.6 Å². The molecular formula is C18H26ClNO3. The number of methoxy groups -OCH3 is 2. The van der Waals surface area contributed by atoms with Crippen molar-refractivity contribution in [2.24, 2.45) is 0 Å². The first kappa shape index (κ1) is 18.2. The summed E-state index contributed by atoms with van der Waals surface area (Å²) in [5, 5.41) is 3.61. The molecular weight excluding hydrogens is 314 g/mol. The summed E-state index contributed by atoms with van der Waals surface area (Å²) in [5.41, 5.74) is 2.76. The molecule has 0 saturated heterocycles. The molecule has 1 aromatic carbocycles. The third-order valence-electron chi connectivity index (χ3n) is 3.97. The van der Waals surface area contributed by atoms with Crippen LogP contribution < -0.4 is 5.32 Å². The lowest BCUT2D eigenvalue weighted by atomic mass is 9.99. The Morgan fingerprint density at radius 2 is 1.83 bits per heavy atom. The molecule has 0 spiro atoms. The Morgan fingerprint density at radius 1 is 1.17 bits per heavy atom. The largest absolute Gasteiger partial charge is 0.385 e. The van der Waals surface area contributed by atoms with Crippen molar-refractivity contribution >= 4 is 17.5 Å². The van der Waals surface area contributed by atoms with E-state index >= 15 is 0 Å². The predicted molar refractivity (Wildman–Crippen MR) is 92.3 cm³/mol. The number of benzene rings is 1. The fourth-order valence-electron chi connectivity index (χ4n) is 2.56. The van der Waals surface area contributed by atoms with Crippen molar-refractivity contribution in [1.82, 2.24) is 5.32 Å². The zero-order valence-corrected chi connectivity index (χ0v) is 14.7. The lowest BCUT2D eigenvalue weighted by Gasteiger charge is -2.13. The van der Waals surface area contributed by atoms with Gasteiger partial charge in [-0.2, -0.15) is 0 Å². The monoisotopic (exact) mass is 339 g/mol. The van der Waals surface area contributed by atoms with Gasteiger partial charge in [0.25, 0.3) is 5.91 Å². The molecule has 0 atom stereocenters. The molecule has 4 nitrogen and oxygen atoms in total. The van der Waals surface area contributed by atoms with Crippen molar-refractivity contribution in [3.63, 3.8) is 0 Å². The first-order chi connectivity index (χ1) is 11.2. The highest BCUT2D eigenvalue weighted by molar-refractivity contribution is 6.34. The summed E-state index contributed by atoms with van der Waals surface area (Å²) in [6.45, 7) is 1.40. The van der Waals surface area contributed by atoms with E-state index in [0.29, 0.717) is 29.8 Å². The Labute approximate surface area is 143 Å². The van der Waals surface area contributed by atoms with Crippen LogP contribution in [0, 0.1) is 0 Å². The van der Waals surface area contributed by atoms with Crippen LogP contribution in [0.1, 0.15) is 47.2 Å². The number of ether oxygens (including phenoxy) is 2. The summed E-state index contributed by atoms with van der Waals surface area (Å²) in [6.07, 6.45) is 5.65. The van der Waals surface area contributed by atoms with Gasteiger partial charge in [-0.3, -0.25) is 4.79 Å². The molecule has 0 bridgehead atoms. The lowest BCUT2D eigenvalue weighted by Crippen LogP contribution is -2.26. The minimum absolute atomic E-state index is 0.0564. The smallest absolute Gasteiger partial charge is 0.253 e. The fourth-order valence-corrected chi connectivity index (χ4v) is 2.85. The van der Waals surface area contributed by atoms with E-state index in [1.165, 1.54) is 0 Å². The summed E-state index contributed by atoms with van der Waals surface area (Å²) >= 11 is 6.49. The van der Waals surface area contributed by atoms with Crippen molar-refractivity contribution in [2.45, 2.75) is 44.6 Å². The van der Waals surface area contributed by atoms with Gasteiger partial charge in [0.1, 0.15) is 0 Å². The van der Waals surface area contributed by atoms with E-state index in [1.54, 1.807) is 14.2 Å². The zero-order valence-electron chi connectivity index (χ0n) is 14.0. The van der Waals surface area contributed by atoms with Gasteiger partial charge in [0, 0.05) is 33.5 Å². The molecule has 1 amide bonds. The van der Waals surface area contributed by atoms with Gasteiger partial charge >= 0.3 is 0 Å². The van der Waals surface area contributed by atoms with Crippen LogP contribution in [0.3, 0.4) is 0 Å². The van der Waals surface area contributed by atoms with E-state index < -0.39 is 0 Å². The quantitative estimate of drug-likeness (QED) is 0.665. The van der Waals surface area contributed by atoms with Crippen LogP contribution in [0.4, 0.5) is 0 Å². The number of halogens is 1. The molecule has 1 aromatic rings. The van der Waals surface area contributed by atoms with Gasteiger partial charge in [-0.05, 0) is 55.7 Å². The number of carbonyl (C=O) groups excluding carboxylic acids is 1. The third-order valence-corrected chi connectivity index (χ3v) is 4.42. The van der Waals surface area contributed by atoms with E-state index in [2.05, 4.69) is 11.4 Å². The Morgan fingerprint density at radius 3 is 2.43 bits per heavy atom. The molecule has 0 heterocycles. The van der Waals surface area contributed by atoms with Gasteiger partial charge in [0.2, 0.25) is 0 Å². The standard InChI is InChI=1S/C18H26ClNO3/c1-22-9-3-5-13-11-14(6-4-10-23-2)17(19)16(12-13)18(21)20-15-7-8-15/h11-12,15H,3-10H2,1-2H3,(H,20,21). The van der Waals surface area contributed by atoms with Crippen LogP contribution in [0.15, 0.2) is 12.1 Å². The minimum atomic E-state index is -0.0564. The summed E-state index contributed by atoms with van der Waals surface area (Å²) in [6, 6.07) is 4.37. The summed E-state index contributed by atoms with van der Waals surface area (Å²) in [7, 11) is 3.39. The molecule has 1 N–H and O–H groups in total. The Balaban J connectivity index is 2.16. The van der Waals surface area contributed by atoms with Gasteiger partial charge in [-0.1, -0.05) is 17.7 Å². The Kier molecular flexibility index (Phi) is 7.34. The molecule has 0 aliphatic heterocycles. The fraction of sp³-hybridized carbons (Fsp3) is 0.611. The van der Waals surface area contributed by atoms with Crippen LogP contribution in [-0.4, -0.2) is 39.4 Å². The highest BCUT2D eigenvalue weighted by Crippen LogP contribution is 2.27. The summed E-state index contributed by atoms with van der Waals surface area (Å²) < 4.78 is 10.2. The highest BCUT2D eigenvalue weighted by Gasteiger charge is 2.25. The first-order valence-corrected chi connectivity index (χ1v) is 8.63. The number of amides is 1. The molecule has 1 aliphatic rings. The average molecular weight is 340 g/mol. The summed E-state index contributed by atoms with van der Waals surface area (Å²) in [4.78, 5) is 12.4. The second kappa shape index (κ2) is 9.26. The molecule has 128 valence electrons. The van der Waals surface area contributed by atoms with Crippen LogP contribution >= 0.6 is 11.6 Å². The topological polar surface area (TPSA) is 47.6 Å². The molecule has 0 unspecified atom stereocenters. The number of rotatable bonds is 10. The van der Waals surface area contributed by atoms with Crippen molar-refractivity contribution in [2.75, 3.05) is 27.4 Å². The molecule has 1 aliphatic carbocycles. The zero-order chi connectivity index (χ0) is 16.7. The number of nitrogens with one attached hydrogen (secondary N) is 1. The maximum Gasteiger partial charge on any atom is 0.253 e. The SMILES string of the molecule is COCCCc1cc(CCCOC)c(Cl)c(C(=O)NC2CC2)c1. The Bertz CT molecular complexity index is 529. The van der Waals surface area contributed by atoms with E-state index in [4.69, 9.17) is 21.1 Å². The van der Waals surface area contributed by atoms with E-state index in [1.807, 2.05) is 6.07 Å². The van der Waals surface area contributed by atoms with Gasteiger partial charge in [0.15, 0.2) is 0 Å².